The molecule has 140 valence electrons. The Bertz CT molecular complexity index is 948. The van der Waals surface area contributed by atoms with E-state index in [2.05, 4.69) is 23.7 Å². The van der Waals surface area contributed by atoms with Crippen LogP contribution in [0.15, 0.2) is 42.6 Å². The van der Waals surface area contributed by atoms with Crippen LogP contribution >= 0.6 is 0 Å². The highest BCUT2D eigenvalue weighted by Crippen LogP contribution is 2.27. The van der Waals surface area contributed by atoms with Gasteiger partial charge in [-0.25, -0.2) is 9.97 Å². The third-order valence-corrected chi connectivity index (χ3v) is 5.34. The van der Waals surface area contributed by atoms with E-state index in [0.717, 1.165) is 46.9 Å². The number of aliphatic hydroxyl groups excluding tert-OH is 1. The van der Waals surface area contributed by atoms with Crippen molar-refractivity contribution in [3.63, 3.8) is 0 Å². The molecule has 27 heavy (non-hydrogen) atoms. The van der Waals surface area contributed by atoms with Gasteiger partial charge in [-0.05, 0) is 42.2 Å². The number of fused-ring (bicyclic) bond motifs is 1. The largest absolute Gasteiger partial charge is 0.392 e. The van der Waals surface area contributed by atoms with Crippen molar-refractivity contribution in [3.05, 3.63) is 48.3 Å². The Hall–Kier alpha value is -2.57. The molecule has 0 saturated carbocycles. The second kappa shape index (κ2) is 7.21. The number of hydrogen-bond acceptors (Lipinski definition) is 6. The zero-order valence-corrected chi connectivity index (χ0v) is 15.7. The molecule has 1 aliphatic heterocycles. The molecule has 0 spiro atoms. The monoisotopic (exact) mass is 363 g/mol. The van der Waals surface area contributed by atoms with E-state index in [0.29, 0.717) is 6.54 Å². The number of pyridine rings is 3. The lowest BCUT2D eigenvalue weighted by molar-refractivity contribution is 0.0527. The molecule has 3 aromatic heterocycles. The summed E-state index contributed by atoms with van der Waals surface area (Å²) >= 11 is 0. The van der Waals surface area contributed by atoms with Crippen molar-refractivity contribution >= 4 is 16.7 Å². The molecule has 0 bridgehead atoms. The maximum Gasteiger partial charge on any atom is 0.129 e. The van der Waals surface area contributed by atoms with Gasteiger partial charge >= 0.3 is 0 Å². The third kappa shape index (κ3) is 3.50. The van der Waals surface area contributed by atoms with Crippen LogP contribution in [0.4, 0.5) is 5.82 Å². The number of aliphatic hydroxyl groups is 1. The Morgan fingerprint density at radius 3 is 2.56 bits per heavy atom. The van der Waals surface area contributed by atoms with E-state index < -0.39 is 0 Å². The van der Waals surface area contributed by atoms with Gasteiger partial charge in [0.1, 0.15) is 5.82 Å². The van der Waals surface area contributed by atoms with Gasteiger partial charge in [-0.2, -0.15) is 0 Å². The van der Waals surface area contributed by atoms with Crippen LogP contribution in [0.1, 0.15) is 19.5 Å². The van der Waals surface area contributed by atoms with Gasteiger partial charge in [-0.15, -0.1) is 0 Å². The van der Waals surface area contributed by atoms with Crippen molar-refractivity contribution in [2.75, 3.05) is 18.0 Å². The van der Waals surface area contributed by atoms with Crippen molar-refractivity contribution in [2.45, 2.75) is 26.5 Å². The molecular weight excluding hydrogens is 338 g/mol. The van der Waals surface area contributed by atoms with Gasteiger partial charge < -0.3 is 15.7 Å². The quantitative estimate of drug-likeness (QED) is 0.744. The zero-order valence-electron chi connectivity index (χ0n) is 15.7. The molecule has 0 aromatic carbocycles. The fourth-order valence-electron chi connectivity index (χ4n) is 3.79. The smallest absolute Gasteiger partial charge is 0.129 e. The Kier molecular flexibility index (Phi) is 4.76. The lowest BCUT2D eigenvalue weighted by Gasteiger charge is -2.39. The Morgan fingerprint density at radius 2 is 1.81 bits per heavy atom. The number of nitrogens with two attached hydrogens (primary N) is 1. The summed E-state index contributed by atoms with van der Waals surface area (Å²) in [5.74, 6) is 1.37. The van der Waals surface area contributed by atoms with Crippen LogP contribution in [-0.2, 0) is 6.54 Å². The van der Waals surface area contributed by atoms with E-state index in [1.54, 1.807) is 6.20 Å². The van der Waals surface area contributed by atoms with E-state index in [4.69, 9.17) is 15.7 Å². The Balaban J connectivity index is 1.67. The standard InChI is InChI=1S/C21H25N5O/c1-13-11-26(12-14(2)21(13)27)20-5-3-4-17(25-20)18-7-6-15-10-23-16(9-22)8-19(15)24-18/h3-8,10,13-14,21,27H,9,11-12,22H2,1-2H3/t13-,14?,21?/m1/s1. The molecule has 6 heteroatoms. The summed E-state index contributed by atoms with van der Waals surface area (Å²) in [5.41, 5.74) is 9.07. The highest BCUT2D eigenvalue weighted by molar-refractivity contribution is 5.80. The fourth-order valence-corrected chi connectivity index (χ4v) is 3.79. The summed E-state index contributed by atoms with van der Waals surface area (Å²) in [6, 6.07) is 11.9. The van der Waals surface area contributed by atoms with E-state index in [1.165, 1.54) is 0 Å². The summed E-state index contributed by atoms with van der Waals surface area (Å²) in [7, 11) is 0. The SMILES string of the molecule is CC1CN(c2cccc(-c3ccc4cnc(CN)cc4n3)n2)C[C@@H](C)C1O. The van der Waals surface area contributed by atoms with Gasteiger partial charge in [0.15, 0.2) is 0 Å². The molecule has 3 aromatic rings. The summed E-state index contributed by atoms with van der Waals surface area (Å²) in [5, 5.41) is 11.2. The number of rotatable bonds is 3. The molecule has 1 fully saturated rings. The van der Waals surface area contributed by atoms with Crippen LogP contribution < -0.4 is 10.6 Å². The fraction of sp³-hybridized carbons (Fsp3) is 0.381. The Morgan fingerprint density at radius 1 is 1.07 bits per heavy atom. The first-order valence-electron chi connectivity index (χ1n) is 9.41. The van der Waals surface area contributed by atoms with Crippen molar-refractivity contribution in [3.8, 4) is 11.4 Å². The zero-order chi connectivity index (χ0) is 19.0. The number of nitrogens with zero attached hydrogens (tertiary/aromatic N) is 4. The van der Waals surface area contributed by atoms with Crippen molar-refractivity contribution in [1.82, 2.24) is 15.0 Å². The number of anilines is 1. The van der Waals surface area contributed by atoms with E-state index >= 15 is 0 Å². The second-order valence-electron chi connectivity index (χ2n) is 7.50. The van der Waals surface area contributed by atoms with Crippen LogP contribution in [-0.4, -0.2) is 39.3 Å². The first-order valence-corrected chi connectivity index (χ1v) is 9.41. The summed E-state index contributed by atoms with van der Waals surface area (Å²) in [6.07, 6.45) is 1.55. The molecule has 1 saturated heterocycles. The van der Waals surface area contributed by atoms with Crippen LogP contribution in [0.2, 0.25) is 0 Å². The van der Waals surface area contributed by atoms with Crippen LogP contribution in [0.3, 0.4) is 0 Å². The summed E-state index contributed by atoms with van der Waals surface area (Å²) < 4.78 is 0. The lowest BCUT2D eigenvalue weighted by atomic mass is 9.88. The highest BCUT2D eigenvalue weighted by atomic mass is 16.3. The highest BCUT2D eigenvalue weighted by Gasteiger charge is 2.30. The lowest BCUT2D eigenvalue weighted by Crippen LogP contribution is -2.47. The topological polar surface area (TPSA) is 88.2 Å². The first kappa shape index (κ1) is 17.8. The van der Waals surface area contributed by atoms with Crippen molar-refractivity contribution in [1.29, 1.82) is 0 Å². The minimum atomic E-state index is -0.253. The normalized spacial score (nSPS) is 23.0. The molecule has 2 unspecified atom stereocenters. The van der Waals surface area contributed by atoms with Gasteiger partial charge in [0, 0.05) is 31.2 Å². The summed E-state index contributed by atoms with van der Waals surface area (Å²) in [4.78, 5) is 16.2. The molecule has 4 rings (SSSR count). The molecule has 3 atom stereocenters. The minimum Gasteiger partial charge on any atom is -0.392 e. The average molecular weight is 363 g/mol. The molecule has 0 radical (unpaired) electrons. The molecule has 6 nitrogen and oxygen atoms in total. The van der Waals surface area contributed by atoms with E-state index in [1.807, 2.05) is 36.4 Å². The number of piperidine rings is 1. The molecule has 0 amide bonds. The van der Waals surface area contributed by atoms with Crippen molar-refractivity contribution in [2.24, 2.45) is 17.6 Å². The van der Waals surface area contributed by atoms with Crippen LogP contribution in [0.25, 0.3) is 22.3 Å². The predicted molar refractivity (Wildman–Crippen MR) is 107 cm³/mol. The van der Waals surface area contributed by atoms with Gasteiger partial charge in [-0.1, -0.05) is 19.9 Å². The van der Waals surface area contributed by atoms with Crippen LogP contribution in [0, 0.1) is 11.8 Å². The van der Waals surface area contributed by atoms with Crippen LogP contribution in [0.5, 0.6) is 0 Å². The van der Waals surface area contributed by atoms with Gasteiger partial charge in [-0.3, -0.25) is 4.98 Å². The Labute approximate surface area is 159 Å². The second-order valence-corrected chi connectivity index (χ2v) is 7.50. The molecule has 1 aliphatic rings. The average Bonchev–Trinajstić information content (AvgIpc) is 2.70. The molecular formula is C21H25N5O. The maximum atomic E-state index is 10.2. The summed E-state index contributed by atoms with van der Waals surface area (Å²) in [6.45, 7) is 6.18. The van der Waals surface area contributed by atoms with Crippen molar-refractivity contribution < 1.29 is 5.11 Å². The molecule has 3 N–H and O–H groups in total. The number of hydrogen-bond donors (Lipinski definition) is 2. The number of aromatic nitrogens is 3. The first-order chi connectivity index (χ1) is 13.0. The molecule has 0 aliphatic carbocycles. The van der Waals surface area contributed by atoms with E-state index in [9.17, 15) is 5.11 Å². The third-order valence-electron chi connectivity index (χ3n) is 5.34. The predicted octanol–water partition coefficient (Wildman–Crippen LogP) is 2.60. The molecule has 4 heterocycles. The van der Waals surface area contributed by atoms with Gasteiger partial charge in [0.05, 0.1) is 28.7 Å². The maximum absolute atomic E-state index is 10.2. The minimum absolute atomic E-state index is 0.222. The van der Waals surface area contributed by atoms with Gasteiger partial charge in [0.2, 0.25) is 0 Å². The van der Waals surface area contributed by atoms with E-state index in [-0.39, 0.29) is 17.9 Å². The van der Waals surface area contributed by atoms with Gasteiger partial charge in [0.25, 0.3) is 0 Å².